The van der Waals surface area contributed by atoms with E-state index in [2.05, 4.69) is 47.9 Å². The van der Waals surface area contributed by atoms with Gasteiger partial charge in [-0.3, -0.25) is 57.5 Å². The summed E-state index contributed by atoms with van der Waals surface area (Å²) >= 11 is 0. The molecule has 0 bridgehead atoms. The zero-order valence-electron chi connectivity index (χ0n) is 39.4. The number of carboxylic acids is 1. The second-order valence-corrected chi connectivity index (χ2v) is 17.4. The number of carbonyl (C=O) groups excluding carboxylic acids is 11. The van der Waals surface area contributed by atoms with Crippen LogP contribution in [0, 0.1) is 5.92 Å². The number of primary amides is 1. The molecule has 2 aliphatic heterocycles. The summed E-state index contributed by atoms with van der Waals surface area (Å²) in [7, 11) is 0. The second-order valence-electron chi connectivity index (χ2n) is 17.4. The van der Waals surface area contributed by atoms with Crippen LogP contribution in [0.5, 0.6) is 0 Å². The average molecular weight is 967 g/mol. The van der Waals surface area contributed by atoms with E-state index in [4.69, 9.17) is 11.5 Å². The summed E-state index contributed by atoms with van der Waals surface area (Å²) in [6, 6.07) is -13.1. The first-order valence-electron chi connectivity index (χ1n) is 22.8. The fourth-order valence-electron chi connectivity index (χ4n) is 7.27. The van der Waals surface area contributed by atoms with Gasteiger partial charge in [0.1, 0.15) is 54.4 Å². The standard InChI is InChI=1S/C42H70N12O14/c1-7-30(56)48-28-19-45-31(57)18-26(34(44)60)51-38(64)27(17-20(2)3)52-35(61)21(4)46-41(67)33(23(6)55)53-37(63)25(13-14-32(58)59)50-40(66)29-12-10-16-54(29)42(68)22(5)47-36(62)24(49-39(28)65)11-8-9-15-43/h20-29,33,55H,7-19,43H2,1-6H3,(H2,44,60)(H,45,57)(H,46,67)(H,47,62)(H,48,56)(H,49,65)(H,50,66)(H,51,64)(H,52,61)(H,53,63)(H,58,59)/t21-,22-,23+,24-,25-,26-,27-,28-,29-,33-/m0/s1. The van der Waals surface area contributed by atoms with Gasteiger partial charge in [-0.15, -0.1) is 0 Å². The number of rotatable bonds is 13. The molecule has 0 unspecified atom stereocenters. The van der Waals surface area contributed by atoms with E-state index < -0.39 is 157 Å². The Hall–Kier alpha value is -6.44. The van der Waals surface area contributed by atoms with Crippen LogP contribution in [0.1, 0.15) is 106 Å². The smallest absolute Gasteiger partial charge is 0.303 e. The summed E-state index contributed by atoms with van der Waals surface area (Å²) in [4.78, 5) is 160. The van der Waals surface area contributed by atoms with Gasteiger partial charge < -0.3 is 74.4 Å². The minimum absolute atomic E-state index is 0.0137. The number of aliphatic hydroxyl groups is 1. The van der Waals surface area contributed by atoms with Crippen LogP contribution in [0.15, 0.2) is 0 Å². The Balaban J connectivity index is 2.64. The molecule has 26 nitrogen and oxygen atoms in total. The van der Waals surface area contributed by atoms with Gasteiger partial charge in [0.05, 0.1) is 12.5 Å². The summed E-state index contributed by atoms with van der Waals surface area (Å²) in [6.45, 7) is 8.37. The van der Waals surface area contributed by atoms with Crippen LogP contribution in [-0.2, 0) is 57.5 Å². The number of amides is 11. The normalized spacial score (nSPS) is 27.5. The number of hydrogen-bond donors (Lipinski definition) is 13. The Morgan fingerprint density at radius 2 is 1.34 bits per heavy atom. The van der Waals surface area contributed by atoms with Crippen LogP contribution in [0.3, 0.4) is 0 Å². The number of hydrogen-bond acceptors (Lipinski definition) is 14. The van der Waals surface area contributed by atoms with E-state index in [0.717, 1.165) is 6.92 Å². The first-order chi connectivity index (χ1) is 31.9. The SMILES string of the molecule is CCC(=O)N[C@H]1CNC(=O)C[C@@H](C(N)=O)NC(=O)[C@H](CC(C)C)NC(=O)[C@H](C)NC(=O)[C@H]([C@@H](C)O)NC(=O)[C@H](CCC(=O)O)NC(=O)[C@@H]2CCCN2C(=O)[C@H](C)NC(=O)[C@H](CCCCN)NC1=O. The van der Waals surface area contributed by atoms with Crippen molar-refractivity contribution in [3.63, 3.8) is 0 Å². The number of nitrogens with zero attached hydrogens (tertiary/aromatic N) is 1. The number of aliphatic hydroxyl groups excluding tert-OH is 1. The fraction of sp³-hybridized carbons (Fsp3) is 0.714. The lowest BCUT2D eigenvalue weighted by Crippen LogP contribution is -2.61. The molecule has 10 atom stereocenters. The topological polar surface area (TPSA) is 409 Å². The molecule has 382 valence electrons. The van der Waals surface area contributed by atoms with E-state index >= 15 is 0 Å². The van der Waals surface area contributed by atoms with E-state index in [1.165, 1.54) is 25.7 Å². The van der Waals surface area contributed by atoms with Gasteiger partial charge in [0, 0.05) is 25.9 Å². The molecule has 2 fully saturated rings. The van der Waals surface area contributed by atoms with Gasteiger partial charge in [-0.05, 0) is 78.2 Å². The molecule has 0 saturated carbocycles. The van der Waals surface area contributed by atoms with Crippen LogP contribution in [0.25, 0.3) is 0 Å². The number of carboxylic acid groups (broad SMARTS) is 1. The molecule has 0 aliphatic carbocycles. The van der Waals surface area contributed by atoms with Crippen molar-refractivity contribution in [3.05, 3.63) is 0 Å². The monoisotopic (exact) mass is 967 g/mol. The van der Waals surface area contributed by atoms with Crippen LogP contribution in [0.4, 0.5) is 0 Å². The van der Waals surface area contributed by atoms with Gasteiger partial charge in [-0.1, -0.05) is 20.8 Å². The summed E-state index contributed by atoms with van der Waals surface area (Å²) in [5.74, 6) is -11.7. The molecule has 2 rings (SSSR count). The fourth-order valence-corrected chi connectivity index (χ4v) is 7.27. The molecular weight excluding hydrogens is 897 g/mol. The molecule has 0 spiro atoms. The summed E-state index contributed by atoms with van der Waals surface area (Å²) in [5, 5.41) is 41.9. The Bertz CT molecular complexity index is 1860. The number of nitrogens with two attached hydrogens (primary N) is 2. The zero-order chi connectivity index (χ0) is 51.4. The third-order valence-electron chi connectivity index (χ3n) is 11.1. The third kappa shape index (κ3) is 18.7. The number of carbonyl (C=O) groups is 12. The minimum Gasteiger partial charge on any atom is -0.481 e. The summed E-state index contributed by atoms with van der Waals surface area (Å²) in [6.07, 6.45) is -2.41. The van der Waals surface area contributed by atoms with Gasteiger partial charge >= 0.3 is 5.97 Å². The molecule has 26 heteroatoms. The average Bonchev–Trinajstić information content (AvgIpc) is 3.76. The molecule has 2 saturated heterocycles. The van der Waals surface area contributed by atoms with Crippen LogP contribution in [0.2, 0.25) is 0 Å². The van der Waals surface area contributed by atoms with Gasteiger partial charge in [-0.2, -0.15) is 0 Å². The van der Waals surface area contributed by atoms with Crippen LogP contribution >= 0.6 is 0 Å². The largest absolute Gasteiger partial charge is 0.481 e. The van der Waals surface area contributed by atoms with Crippen molar-refractivity contribution in [1.82, 2.24) is 52.8 Å². The maximum Gasteiger partial charge on any atom is 0.303 e. The van der Waals surface area contributed by atoms with Gasteiger partial charge in [0.2, 0.25) is 65.0 Å². The Labute approximate surface area is 394 Å². The highest BCUT2D eigenvalue weighted by Crippen LogP contribution is 2.20. The predicted octanol–water partition coefficient (Wildman–Crippen LogP) is -5.27. The number of unbranched alkanes of at least 4 members (excludes halogenated alkanes) is 1. The molecule has 2 heterocycles. The quantitative estimate of drug-likeness (QED) is 0.0767. The highest BCUT2D eigenvalue weighted by atomic mass is 16.4. The first-order valence-corrected chi connectivity index (χ1v) is 22.8. The van der Waals surface area contributed by atoms with E-state index in [0.29, 0.717) is 19.3 Å². The zero-order valence-corrected chi connectivity index (χ0v) is 39.4. The van der Waals surface area contributed by atoms with E-state index in [-0.39, 0.29) is 44.7 Å². The Morgan fingerprint density at radius 1 is 0.750 bits per heavy atom. The van der Waals surface area contributed by atoms with E-state index in [1.807, 2.05) is 0 Å². The highest BCUT2D eigenvalue weighted by Gasteiger charge is 2.40. The molecule has 0 radical (unpaired) electrons. The molecular formula is C42H70N12O14. The lowest BCUT2D eigenvalue weighted by molar-refractivity contribution is -0.142. The number of nitrogens with one attached hydrogen (secondary N) is 9. The van der Waals surface area contributed by atoms with E-state index in [1.54, 1.807) is 13.8 Å². The van der Waals surface area contributed by atoms with Crippen molar-refractivity contribution in [2.75, 3.05) is 19.6 Å². The first kappa shape index (κ1) is 57.7. The maximum atomic E-state index is 13.9. The highest BCUT2D eigenvalue weighted by molar-refractivity contribution is 5.99. The second kappa shape index (κ2) is 28.0. The molecule has 0 aromatic rings. The van der Waals surface area contributed by atoms with Crippen LogP contribution in [-0.4, -0.2) is 166 Å². The van der Waals surface area contributed by atoms with Gasteiger partial charge in [0.25, 0.3) is 0 Å². The number of aliphatic carboxylic acids is 1. The van der Waals surface area contributed by atoms with Crippen molar-refractivity contribution in [2.24, 2.45) is 17.4 Å². The summed E-state index contributed by atoms with van der Waals surface area (Å²) in [5.41, 5.74) is 11.2. The molecule has 15 N–H and O–H groups in total. The Kier molecular flexibility index (Phi) is 23.8. The molecule has 0 aromatic heterocycles. The molecule has 0 aromatic carbocycles. The lowest BCUT2D eigenvalue weighted by atomic mass is 10.0. The molecule has 68 heavy (non-hydrogen) atoms. The van der Waals surface area contributed by atoms with Crippen LogP contribution < -0.4 is 59.3 Å². The maximum absolute atomic E-state index is 13.9. The van der Waals surface area contributed by atoms with E-state index in [9.17, 15) is 67.7 Å². The lowest BCUT2D eigenvalue weighted by Gasteiger charge is -2.30. The van der Waals surface area contributed by atoms with Crippen molar-refractivity contribution >= 4 is 70.9 Å². The van der Waals surface area contributed by atoms with Crippen molar-refractivity contribution in [1.29, 1.82) is 0 Å². The molecule has 2 aliphatic rings. The third-order valence-corrected chi connectivity index (χ3v) is 11.1. The molecule has 11 amide bonds. The Morgan fingerprint density at radius 3 is 1.93 bits per heavy atom. The van der Waals surface area contributed by atoms with Crippen molar-refractivity contribution in [3.8, 4) is 0 Å². The minimum atomic E-state index is -1.77. The van der Waals surface area contributed by atoms with Gasteiger partial charge in [-0.25, -0.2) is 0 Å². The van der Waals surface area contributed by atoms with Crippen molar-refractivity contribution < 1.29 is 67.7 Å². The number of fused-ring (bicyclic) bond motifs is 1. The van der Waals surface area contributed by atoms with Gasteiger partial charge in [0.15, 0.2) is 0 Å². The predicted molar refractivity (Wildman–Crippen MR) is 240 cm³/mol. The summed E-state index contributed by atoms with van der Waals surface area (Å²) < 4.78 is 0. The van der Waals surface area contributed by atoms with Crippen molar-refractivity contribution in [2.45, 2.75) is 166 Å².